The third-order valence-corrected chi connectivity index (χ3v) is 4.00. The Kier molecular flexibility index (Phi) is 5.89. The minimum atomic E-state index is -1.06. The summed E-state index contributed by atoms with van der Waals surface area (Å²) in [6.45, 7) is -0.472. The number of esters is 1. The Labute approximate surface area is 165 Å². The number of nitro benzene ring substituents is 1. The predicted octanol–water partition coefficient (Wildman–Crippen LogP) is 2.08. The standard InChI is InChI=1S/C19H15N3O7/c20-6-7-21(13-4-2-1-3-5-13)18(23)12-29-19(24)14-10-16-17(28-9-8-27-16)11-15(14)22(25)26/h1-5,10-11H,7-9,12H2. The van der Waals surface area contributed by atoms with Gasteiger partial charge >= 0.3 is 5.97 Å². The molecular formula is C19H15N3O7. The normalized spacial score (nSPS) is 11.8. The highest BCUT2D eigenvalue weighted by Gasteiger charge is 2.28. The van der Waals surface area contributed by atoms with Gasteiger partial charge in [0, 0.05) is 11.8 Å². The van der Waals surface area contributed by atoms with Crippen molar-refractivity contribution in [3.05, 3.63) is 58.1 Å². The number of ether oxygens (including phenoxy) is 3. The molecule has 0 bridgehead atoms. The first kappa shape index (κ1) is 19.6. The first-order valence-corrected chi connectivity index (χ1v) is 8.48. The van der Waals surface area contributed by atoms with Crippen molar-refractivity contribution in [2.45, 2.75) is 0 Å². The highest BCUT2D eigenvalue weighted by molar-refractivity contribution is 5.99. The monoisotopic (exact) mass is 397 g/mol. The van der Waals surface area contributed by atoms with Gasteiger partial charge in [0.25, 0.3) is 11.6 Å². The van der Waals surface area contributed by atoms with E-state index in [0.717, 1.165) is 17.0 Å². The van der Waals surface area contributed by atoms with Gasteiger partial charge in [0.1, 0.15) is 25.3 Å². The molecule has 10 heteroatoms. The average Bonchev–Trinajstić information content (AvgIpc) is 2.75. The van der Waals surface area contributed by atoms with Crippen LogP contribution in [-0.4, -0.2) is 43.2 Å². The number of nitrogens with zero attached hydrogens (tertiary/aromatic N) is 3. The molecule has 1 amide bonds. The lowest BCUT2D eigenvalue weighted by atomic mass is 10.1. The molecule has 3 rings (SSSR count). The molecule has 0 atom stereocenters. The second-order valence-corrected chi connectivity index (χ2v) is 5.82. The van der Waals surface area contributed by atoms with Gasteiger partial charge < -0.3 is 14.2 Å². The van der Waals surface area contributed by atoms with Gasteiger partial charge in [0.05, 0.1) is 17.1 Å². The zero-order valence-electron chi connectivity index (χ0n) is 15.1. The summed E-state index contributed by atoms with van der Waals surface area (Å²) in [6.07, 6.45) is 0. The summed E-state index contributed by atoms with van der Waals surface area (Å²) in [4.78, 5) is 36.6. The summed E-state index contributed by atoms with van der Waals surface area (Å²) >= 11 is 0. The number of amides is 1. The quantitative estimate of drug-likeness (QED) is 0.313. The van der Waals surface area contributed by atoms with E-state index >= 15 is 0 Å². The molecule has 0 unspecified atom stereocenters. The zero-order valence-corrected chi connectivity index (χ0v) is 15.1. The average molecular weight is 397 g/mol. The van der Waals surface area contributed by atoms with E-state index in [4.69, 9.17) is 19.5 Å². The summed E-state index contributed by atoms with van der Waals surface area (Å²) in [5.74, 6) is -1.38. The fourth-order valence-corrected chi connectivity index (χ4v) is 2.68. The largest absolute Gasteiger partial charge is 0.486 e. The molecule has 2 aromatic carbocycles. The summed E-state index contributed by atoms with van der Waals surface area (Å²) in [6, 6.07) is 12.5. The van der Waals surface area contributed by atoms with Gasteiger partial charge in [0.2, 0.25) is 0 Å². The van der Waals surface area contributed by atoms with Gasteiger partial charge in [-0.1, -0.05) is 18.2 Å². The van der Waals surface area contributed by atoms with Crippen molar-refractivity contribution in [3.63, 3.8) is 0 Å². The Morgan fingerprint density at radius 2 is 1.83 bits per heavy atom. The van der Waals surface area contributed by atoms with Crippen LogP contribution in [0.25, 0.3) is 0 Å². The molecule has 1 heterocycles. The number of carbonyl (C=O) groups is 2. The van der Waals surface area contributed by atoms with Crippen molar-refractivity contribution in [2.75, 3.05) is 31.3 Å². The lowest BCUT2D eigenvalue weighted by molar-refractivity contribution is -0.385. The molecule has 0 spiro atoms. The molecule has 0 saturated heterocycles. The van der Waals surface area contributed by atoms with E-state index < -0.39 is 29.1 Å². The van der Waals surface area contributed by atoms with Crippen LogP contribution < -0.4 is 14.4 Å². The van der Waals surface area contributed by atoms with Crippen molar-refractivity contribution in [3.8, 4) is 17.6 Å². The molecule has 0 fully saturated rings. The minimum Gasteiger partial charge on any atom is -0.486 e. The Balaban J connectivity index is 1.77. The topological polar surface area (TPSA) is 132 Å². The number of benzene rings is 2. The SMILES string of the molecule is N#CCN(C(=O)COC(=O)c1cc2c(cc1[N+](=O)[O-])OCCO2)c1ccccc1. The van der Waals surface area contributed by atoms with Crippen molar-refractivity contribution < 1.29 is 28.7 Å². The van der Waals surface area contributed by atoms with Gasteiger partial charge in [-0.2, -0.15) is 5.26 Å². The molecule has 0 N–H and O–H groups in total. The molecule has 10 nitrogen and oxygen atoms in total. The highest BCUT2D eigenvalue weighted by Crippen LogP contribution is 2.36. The first-order chi connectivity index (χ1) is 14.0. The lowest BCUT2D eigenvalue weighted by Crippen LogP contribution is -2.35. The number of rotatable bonds is 6. The molecule has 0 aliphatic carbocycles. The van der Waals surface area contributed by atoms with Gasteiger partial charge in [-0.25, -0.2) is 4.79 Å². The van der Waals surface area contributed by atoms with Gasteiger partial charge in [-0.15, -0.1) is 0 Å². The summed E-state index contributed by atoms with van der Waals surface area (Å²) < 4.78 is 15.6. The van der Waals surface area contributed by atoms with E-state index in [1.165, 1.54) is 0 Å². The Bertz CT molecular complexity index is 985. The first-order valence-electron chi connectivity index (χ1n) is 8.48. The van der Waals surface area contributed by atoms with Crippen LogP contribution >= 0.6 is 0 Å². The second kappa shape index (κ2) is 8.71. The number of para-hydroxylation sites is 1. The maximum atomic E-state index is 12.4. The van der Waals surface area contributed by atoms with Crippen LogP contribution in [0.3, 0.4) is 0 Å². The summed E-state index contributed by atoms with van der Waals surface area (Å²) in [5, 5.41) is 20.3. The number of carbonyl (C=O) groups excluding carboxylic acids is 2. The molecule has 29 heavy (non-hydrogen) atoms. The van der Waals surface area contributed by atoms with E-state index in [9.17, 15) is 19.7 Å². The van der Waals surface area contributed by atoms with Crippen LogP contribution in [0, 0.1) is 21.4 Å². The second-order valence-electron chi connectivity index (χ2n) is 5.82. The minimum absolute atomic E-state index is 0.153. The number of hydrogen-bond acceptors (Lipinski definition) is 8. The van der Waals surface area contributed by atoms with Crippen molar-refractivity contribution in [2.24, 2.45) is 0 Å². The number of hydrogen-bond donors (Lipinski definition) is 0. The lowest BCUT2D eigenvalue weighted by Gasteiger charge is -2.20. The van der Waals surface area contributed by atoms with Gasteiger partial charge in [-0.05, 0) is 12.1 Å². The van der Waals surface area contributed by atoms with E-state index in [0.29, 0.717) is 5.69 Å². The Morgan fingerprint density at radius 1 is 1.17 bits per heavy atom. The smallest absolute Gasteiger partial charge is 0.345 e. The number of nitriles is 1. The highest BCUT2D eigenvalue weighted by atomic mass is 16.6. The summed E-state index contributed by atoms with van der Waals surface area (Å²) in [5.41, 5.74) is -0.428. The zero-order chi connectivity index (χ0) is 20.8. The van der Waals surface area contributed by atoms with Gasteiger partial charge in [0.15, 0.2) is 18.1 Å². The molecule has 2 aromatic rings. The predicted molar refractivity (Wildman–Crippen MR) is 98.8 cm³/mol. The van der Waals surface area contributed by atoms with Crippen LogP contribution in [0.5, 0.6) is 11.5 Å². The molecular weight excluding hydrogens is 382 g/mol. The molecule has 148 valence electrons. The van der Waals surface area contributed by atoms with Crippen molar-refractivity contribution in [1.29, 1.82) is 5.26 Å². The third-order valence-electron chi connectivity index (χ3n) is 4.00. The molecule has 0 saturated carbocycles. The van der Waals surface area contributed by atoms with E-state index in [2.05, 4.69) is 0 Å². The maximum Gasteiger partial charge on any atom is 0.345 e. The fraction of sp³-hybridized carbons (Fsp3) is 0.211. The van der Waals surface area contributed by atoms with E-state index in [1.807, 2.05) is 6.07 Å². The van der Waals surface area contributed by atoms with Crippen LogP contribution in [0.4, 0.5) is 11.4 Å². The van der Waals surface area contributed by atoms with E-state index in [1.54, 1.807) is 30.3 Å². The fourth-order valence-electron chi connectivity index (χ4n) is 2.68. The molecule has 0 radical (unpaired) electrons. The van der Waals surface area contributed by atoms with Crippen LogP contribution in [0.1, 0.15) is 10.4 Å². The number of anilines is 1. The molecule has 1 aliphatic heterocycles. The Morgan fingerprint density at radius 3 is 2.45 bits per heavy atom. The van der Waals surface area contributed by atoms with Gasteiger partial charge in [-0.3, -0.25) is 19.8 Å². The molecule has 0 aromatic heterocycles. The van der Waals surface area contributed by atoms with Crippen LogP contribution in [0.15, 0.2) is 42.5 Å². The number of fused-ring (bicyclic) bond motifs is 1. The maximum absolute atomic E-state index is 12.4. The molecule has 1 aliphatic rings. The van der Waals surface area contributed by atoms with Crippen LogP contribution in [0.2, 0.25) is 0 Å². The van der Waals surface area contributed by atoms with E-state index in [-0.39, 0.29) is 36.8 Å². The third kappa shape index (κ3) is 4.41. The number of nitro groups is 1. The van der Waals surface area contributed by atoms with Crippen molar-refractivity contribution in [1.82, 2.24) is 0 Å². The van der Waals surface area contributed by atoms with Crippen molar-refractivity contribution >= 4 is 23.3 Å². The van der Waals surface area contributed by atoms with Crippen LogP contribution in [-0.2, 0) is 9.53 Å². The Hall–Kier alpha value is -4.13. The summed E-state index contributed by atoms with van der Waals surface area (Å²) in [7, 11) is 0.